The van der Waals surface area contributed by atoms with Gasteiger partial charge in [0.05, 0.1) is 0 Å². The Morgan fingerprint density at radius 1 is 0.328 bits per heavy atom. The van der Waals surface area contributed by atoms with Crippen molar-refractivity contribution in [1.82, 2.24) is 0 Å². The molecule has 364 valence electrons. The van der Waals surface area contributed by atoms with Crippen LogP contribution in [0.3, 0.4) is 0 Å². The largest absolute Gasteiger partial charge is 0.462 e. The zero-order valence-corrected chi connectivity index (χ0v) is 41.5. The molecule has 0 saturated carbocycles. The first-order chi connectivity index (χ1) is 31.5. The smallest absolute Gasteiger partial charge is 0.306 e. The summed E-state index contributed by atoms with van der Waals surface area (Å²) in [5.41, 5.74) is 0. The molecule has 6 heteroatoms. The fourth-order valence-electron chi connectivity index (χ4n) is 7.12. The molecule has 0 aromatic heterocycles. The van der Waals surface area contributed by atoms with Crippen molar-refractivity contribution in [1.29, 1.82) is 0 Å². The van der Waals surface area contributed by atoms with Crippen molar-refractivity contribution in [3.63, 3.8) is 0 Å². The van der Waals surface area contributed by atoms with E-state index in [1.807, 2.05) is 54.7 Å². The molecule has 0 aliphatic heterocycles. The predicted octanol–water partition coefficient (Wildman–Crippen LogP) is 17.4. The molecule has 0 amide bonds. The molecular formula is C58H96O6. The maximum atomic E-state index is 12.8. The van der Waals surface area contributed by atoms with E-state index in [1.165, 1.54) is 116 Å². The lowest BCUT2D eigenvalue weighted by Gasteiger charge is -2.18. The molecule has 6 nitrogen and oxygen atoms in total. The molecule has 0 fully saturated rings. The molecule has 0 aromatic carbocycles. The molecule has 0 bridgehead atoms. The number of hydrogen-bond donors (Lipinski definition) is 0. The van der Waals surface area contributed by atoms with Crippen LogP contribution in [0.2, 0.25) is 0 Å². The van der Waals surface area contributed by atoms with Crippen LogP contribution in [-0.2, 0) is 28.6 Å². The summed E-state index contributed by atoms with van der Waals surface area (Å²) in [7, 11) is 0. The minimum Gasteiger partial charge on any atom is -0.462 e. The van der Waals surface area contributed by atoms with Gasteiger partial charge in [-0.05, 0) is 51.4 Å². The number of carbonyl (C=O) groups is 3. The van der Waals surface area contributed by atoms with Crippen molar-refractivity contribution in [3.05, 3.63) is 97.2 Å². The standard InChI is InChI=1S/C58H96O6/c1-4-7-10-13-16-19-22-25-27-28-29-31-33-36-39-42-45-48-51-57(60)63-54-55(53-62-56(59)50-47-44-41-38-35-32-24-21-18-15-12-9-6-3)64-58(61)52-49-46-43-40-37-34-30-26-23-20-17-14-11-8-5-2/h8-9,11-12,14-15,17-18,20-21,23-24,32,35,38,41,55H,4-7,10,13,16,19,22,25-31,33-34,36-37,39-40,42-54H2,1-3H3/b11-8+,12-9+,17-14+,18-15+,23-20+,24-21+,35-32+,41-38+. The second-order valence-electron chi connectivity index (χ2n) is 17.2. The van der Waals surface area contributed by atoms with Crippen LogP contribution in [0.4, 0.5) is 0 Å². The van der Waals surface area contributed by atoms with E-state index in [0.29, 0.717) is 19.3 Å². The van der Waals surface area contributed by atoms with E-state index in [2.05, 4.69) is 63.3 Å². The second kappa shape index (κ2) is 52.0. The third-order valence-corrected chi connectivity index (χ3v) is 11.0. The van der Waals surface area contributed by atoms with Gasteiger partial charge in [-0.1, -0.05) is 259 Å². The number of unbranched alkanes of at least 4 members (excludes halogenated alkanes) is 25. The van der Waals surface area contributed by atoms with Crippen molar-refractivity contribution < 1.29 is 28.6 Å². The molecule has 1 atom stereocenters. The van der Waals surface area contributed by atoms with Gasteiger partial charge in [0, 0.05) is 19.3 Å². The number of allylic oxidation sites excluding steroid dienone is 16. The SMILES string of the molecule is CC/C=C/C=C/C=C/C=C/C=C/CCCC(=O)OCC(COC(=O)CCCCCCCCCCCCCCCCCCCC)OC(=O)CCCCCCCCC/C=C/C=C/C=C/CC. The van der Waals surface area contributed by atoms with Crippen LogP contribution in [0, 0.1) is 0 Å². The Balaban J connectivity index is 4.45. The molecule has 0 aliphatic rings. The number of ether oxygens (including phenoxy) is 3. The summed E-state index contributed by atoms with van der Waals surface area (Å²) < 4.78 is 16.7. The van der Waals surface area contributed by atoms with Crippen LogP contribution in [0.1, 0.15) is 233 Å². The molecule has 0 saturated heterocycles. The van der Waals surface area contributed by atoms with Gasteiger partial charge in [0.1, 0.15) is 13.2 Å². The van der Waals surface area contributed by atoms with E-state index in [9.17, 15) is 14.4 Å². The lowest BCUT2D eigenvalue weighted by Crippen LogP contribution is -2.30. The van der Waals surface area contributed by atoms with Crippen molar-refractivity contribution in [2.24, 2.45) is 0 Å². The van der Waals surface area contributed by atoms with Gasteiger partial charge >= 0.3 is 17.9 Å². The molecule has 0 N–H and O–H groups in total. The summed E-state index contributed by atoms with van der Waals surface area (Å²) in [5.74, 6) is -0.993. The van der Waals surface area contributed by atoms with Gasteiger partial charge in [-0.3, -0.25) is 14.4 Å². The molecular weight excluding hydrogens is 793 g/mol. The van der Waals surface area contributed by atoms with Gasteiger partial charge in [-0.15, -0.1) is 0 Å². The number of hydrogen-bond acceptors (Lipinski definition) is 6. The summed E-state index contributed by atoms with van der Waals surface area (Å²) >= 11 is 0. The highest BCUT2D eigenvalue weighted by Crippen LogP contribution is 2.16. The van der Waals surface area contributed by atoms with Crippen molar-refractivity contribution in [3.8, 4) is 0 Å². The maximum absolute atomic E-state index is 12.8. The van der Waals surface area contributed by atoms with Gasteiger partial charge in [0.15, 0.2) is 6.10 Å². The van der Waals surface area contributed by atoms with E-state index in [1.54, 1.807) is 0 Å². The minimum atomic E-state index is -0.811. The first-order valence-corrected chi connectivity index (χ1v) is 26.3. The molecule has 0 aromatic rings. The molecule has 0 radical (unpaired) electrons. The average Bonchev–Trinajstić information content (AvgIpc) is 3.29. The van der Waals surface area contributed by atoms with Gasteiger partial charge in [0.25, 0.3) is 0 Å². The first-order valence-electron chi connectivity index (χ1n) is 26.3. The topological polar surface area (TPSA) is 78.9 Å². The lowest BCUT2D eigenvalue weighted by atomic mass is 10.0. The van der Waals surface area contributed by atoms with Crippen LogP contribution in [0.25, 0.3) is 0 Å². The summed E-state index contributed by atoms with van der Waals surface area (Å²) in [6.45, 7) is 6.30. The van der Waals surface area contributed by atoms with Crippen LogP contribution < -0.4 is 0 Å². The van der Waals surface area contributed by atoms with Gasteiger partial charge in [-0.25, -0.2) is 0 Å². The minimum absolute atomic E-state index is 0.104. The average molecular weight is 889 g/mol. The third kappa shape index (κ3) is 49.3. The quantitative estimate of drug-likeness (QED) is 0.0262. The van der Waals surface area contributed by atoms with Crippen LogP contribution in [0.15, 0.2) is 97.2 Å². The number of carbonyl (C=O) groups excluding carboxylic acids is 3. The highest BCUT2D eigenvalue weighted by Gasteiger charge is 2.19. The third-order valence-electron chi connectivity index (χ3n) is 11.0. The van der Waals surface area contributed by atoms with Crippen molar-refractivity contribution in [2.75, 3.05) is 13.2 Å². The van der Waals surface area contributed by atoms with E-state index in [0.717, 1.165) is 70.6 Å². The Hall–Kier alpha value is -3.67. The monoisotopic (exact) mass is 889 g/mol. The normalized spacial score (nSPS) is 12.9. The molecule has 0 aliphatic carbocycles. The molecule has 0 spiro atoms. The number of rotatable bonds is 46. The van der Waals surface area contributed by atoms with E-state index >= 15 is 0 Å². The summed E-state index contributed by atoms with van der Waals surface area (Å²) in [6, 6.07) is 0. The van der Waals surface area contributed by atoms with E-state index in [-0.39, 0.29) is 37.5 Å². The summed E-state index contributed by atoms with van der Waals surface area (Å²) in [5, 5.41) is 0. The summed E-state index contributed by atoms with van der Waals surface area (Å²) in [6.07, 6.45) is 68.3. The van der Waals surface area contributed by atoms with Gasteiger partial charge < -0.3 is 14.2 Å². The van der Waals surface area contributed by atoms with Gasteiger partial charge in [-0.2, -0.15) is 0 Å². The molecule has 1 unspecified atom stereocenters. The molecule has 0 heterocycles. The van der Waals surface area contributed by atoms with Crippen molar-refractivity contribution >= 4 is 17.9 Å². The Morgan fingerprint density at radius 3 is 1.02 bits per heavy atom. The van der Waals surface area contributed by atoms with Crippen LogP contribution >= 0.6 is 0 Å². The van der Waals surface area contributed by atoms with E-state index < -0.39 is 6.10 Å². The second-order valence-corrected chi connectivity index (χ2v) is 17.2. The van der Waals surface area contributed by atoms with E-state index in [4.69, 9.17) is 14.2 Å². The Bertz CT molecular complexity index is 1300. The van der Waals surface area contributed by atoms with Gasteiger partial charge in [0.2, 0.25) is 0 Å². The van der Waals surface area contributed by atoms with Crippen LogP contribution in [-0.4, -0.2) is 37.2 Å². The first kappa shape index (κ1) is 60.3. The molecule has 0 rings (SSSR count). The maximum Gasteiger partial charge on any atom is 0.306 e. The Kier molecular flexibility index (Phi) is 49.0. The van der Waals surface area contributed by atoms with Crippen molar-refractivity contribution in [2.45, 2.75) is 239 Å². The Labute approximate surface area is 394 Å². The van der Waals surface area contributed by atoms with Crippen LogP contribution in [0.5, 0.6) is 0 Å². The molecule has 64 heavy (non-hydrogen) atoms. The summed E-state index contributed by atoms with van der Waals surface area (Å²) in [4.78, 5) is 38.0. The Morgan fingerprint density at radius 2 is 0.625 bits per heavy atom. The zero-order valence-electron chi connectivity index (χ0n) is 41.5. The number of esters is 3. The zero-order chi connectivity index (χ0) is 46.5. The highest BCUT2D eigenvalue weighted by atomic mass is 16.6. The predicted molar refractivity (Wildman–Crippen MR) is 274 cm³/mol. The highest BCUT2D eigenvalue weighted by molar-refractivity contribution is 5.71. The fourth-order valence-corrected chi connectivity index (χ4v) is 7.12. The fraction of sp³-hybridized carbons (Fsp3) is 0.672. The lowest BCUT2D eigenvalue weighted by molar-refractivity contribution is -0.167.